The molecule has 12 rings (SSSR count). The standard InChI is InChI=1S/2C32H32Cl2N4O2.ClH/c2*1-37(2)24-11-12-38(18-24)17-19-3-8-23(9-4-19)36-30-25-13-21(22-14-27(33)32(40)28(34)15-22)7-10-29(25)35-16-26(30)31(39)20-5-6-20;/h2*3-4,7-10,13-16,20,24,40H,5-6,11-12,17-18H2,1-2H3,(H,35,36);1H. The molecule has 2 unspecified atom stereocenters. The lowest BCUT2D eigenvalue weighted by molar-refractivity contribution is 0.0960. The number of carbonyl (C=O) groups excluding carboxylic acids is 2. The fraction of sp³-hybridized carbons (Fsp3) is 0.312. The van der Waals surface area contributed by atoms with Gasteiger partial charge in [0.25, 0.3) is 0 Å². The summed E-state index contributed by atoms with van der Waals surface area (Å²) in [4.78, 5) is 45.5. The molecule has 4 N–H and O–H groups in total. The zero-order valence-electron chi connectivity index (χ0n) is 45.7. The van der Waals surface area contributed by atoms with Crippen LogP contribution in [0.25, 0.3) is 44.1 Å². The monoisotopic (exact) mass is 1180 g/mol. The van der Waals surface area contributed by atoms with Crippen LogP contribution in [0.3, 0.4) is 0 Å². The number of aromatic hydroxyl groups is 2. The highest BCUT2D eigenvalue weighted by Gasteiger charge is 2.34. The van der Waals surface area contributed by atoms with Gasteiger partial charge in [0.05, 0.1) is 53.6 Å². The number of carbonyl (C=O) groups is 2. The lowest BCUT2D eigenvalue weighted by Crippen LogP contribution is -2.31. The fourth-order valence-corrected chi connectivity index (χ4v) is 11.9. The molecule has 2 atom stereocenters. The number of hydrogen-bond donors (Lipinski definition) is 4. The second-order valence-electron chi connectivity index (χ2n) is 22.3. The van der Waals surface area contributed by atoms with E-state index < -0.39 is 0 Å². The molecule has 6 aromatic carbocycles. The van der Waals surface area contributed by atoms with E-state index >= 15 is 0 Å². The van der Waals surface area contributed by atoms with E-state index in [1.165, 1.54) is 24.0 Å². The SMILES string of the molecule is CN(C)C1CCN(Cc2ccc(Nc3c(C(=O)C4CC4)cnc4ccc(-c5cc(Cl)c(O)c(Cl)c5)cc34)cc2)C1.CN(C)C1CCN(Cc2ccc(Nc3c(C(=O)C4CC4)cnc4ccc(-c5cc(Cl)c(O)c(Cl)c5)cc34)cc2)C1.Cl. The van der Waals surface area contributed by atoms with E-state index in [0.717, 1.165) is 132 Å². The zero-order valence-corrected chi connectivity index (χ0v) is 49.5. The maximum atomic E-state index is 13.3. The molecule has 4 fully saturated rings. The molecular weight excluding hydrogens is 1120 g/mol. The number of nitrogens with one attached hydrogen (secondary N) is 2. The summed E-state index contributed by atoms with van der Waals surface area (Å²) in [5, 5.41) is 29.6. The number of anilines is 4. The molecule has 8 aromatic rings. The first kappa shape index (κ1) is 58.2. The number of likely N-dealkylation sites (N-methyl/N-ethyl adjacent to an activating group) is 2. The van der Waals surface area contributed by atoms with Gasteiger partial charge in [-0.2, -0.15) is 0 Å². The maximum Gasteiger partial charge on any atom is 0.169 e. The number of Topliss-reactive ketones (excluding diaryl/α,β-unsaturated/α-hetero) is 2. The van der Waals surface area contributed by atoms with Crippen molar-refractivity contribution in [1.82, 2.24) is 29.6 Å². The lowest BCUT2D eigenvalue weighted by Gasteiger charge is -2.20. The van der Waals surface area contributed by atoms with Gasteiger partial charge in [0.2, 0.25) is 0 Å². The first-order chi connectivity index (χ1) is 38.5. The topological polar surface area (TPSA) is 137 Å². The summed E-state index contributed by atoms with van der Waals surface area (Å²) in [5.74, 6) is 0.0936. The number of rotatable bonds is 16. The Kier molecular flexibility index (Phi) is 17.8. The van der Waals surface area contributed by atoms with Crippen molar-refractivity contribution >= 4 is 115 Å². The van der Waals surface area contributed by atoms with Gasteiger partial charge in [0, 0.05) is 97.7 Å². The summed E-state index contributed by atoms with van der Waals surface area (Å²) in [6, 6.07) is 36.6. The van der Waals surface area contributed by atoms with E-state index in [-0.39, 0.29) is 67.4 Å². The number of ketones is 2. The Morgan fingerprint density at radius 3 is 1.20 bits per heavy atom. The molecule has 0 bridgehead atoms. The molecule has 0 spiro atoms. The molecule has 2 saturated carbocycles. The van der Waals surface area contributed by atoms with Gasteiger partial charge in [-0.1, -0.05) is 82.8 Å². The van der Waals surface area contributed by atoms with Gasteiger partial charge in [-0.15, -0.1) is 12.4 Å². The van der Waals surface area contributed by atoms with Crippen molar-refractivity contribution in [3.63, 3.8) is 0 Å². The number of phenolic OH excluding ortho intramolecular Hbond substituents is 2. The lowest BCUT2D eigenvalue weighted by atomic mass is 9.98. The van der Waals surface area contributed by atoms with Crippen LogP contribution in [-0.4, -0.2) is 118 Å². The van der Waals surface area contributed by atoms with Crippen LogP contribution >= 0.6 is 58.8 Å². The number of likely N-dealkylation sites (tertiary alicyclic amines) is 2. The first-order valence-electron chi connectivity index (χ1n) is 27.3. The number of fused-ring (bicyclic) bond motifs is 2. The Bertz CT molecular complexity index is 3370. The Balaban J connectivity index is 0.000000180. The average molecular weight is 1190 g/mol. The molecule has 17 heteroatoms. The van der Waals surface area contributed by atoms with Gasteiger partial charge < -0.3 is 30.6 Å². The molecular formula is C64H65Cl5N8O4. The van der Waals surface area contributed by atoms with Gasteiger partial charge in [0.15, 0.2) is 23.1 Å². The van der Waals surface area contributed by atoms with Crippen LogP contribution in [0.2, 0.25) is 20.1 Å². The highest BCUT2D eigenvalue weighted by atomic mass is 35.5. The van der Waals surface area contributed by atoms with Gasteiger partial charge in [-0.3, -0.25) is 29.4 Å². The van der Waals surface area contributed by atoms with E-state index in [2.05, 4.69) is 117 Å². The normalized spacial score (nSPS) is 17.4. The third-order valence-electron chi connectivity index (χ3n) is 16.1. The Labute approximate surface area is 499 Å². The molecule has 4 aliphatic rings. The Morgan fingerprint density at radius 2 is 0.877 bits per heavy atom. The quantitative estimate of drug-likeness (QED) is 0.0686. The molecule has 12 nitrogen and oxygen atoms in total. The number of benzene rings is 6. The largest absolute Gasteiger partial charge is 0.505 e. The minimum absolute atomic E-state index is 0. The predicted octanol–water partition coefficient (Wildman–Crippen LogP) is 15.2. The van der Waals surface area contributed by atoms with Gasteiger partial charge in [-0.25, -0.2) is 0 Å². The number of halogens is 5. The van der Waals surface area contributed by atoms with E-state index in [4.69, 9.17) is 46.4 Å². The second kappa shape index (κ2) is 24.8. The highest BCUT2D eigenvalue weighted by molar-refractivity contribution is 6.38. The van der Waals surface area contributed by atoms with Gasteiger partial charge in [0.1, 0.15) is 0 Å². The minimum Gasteiger partial charge on any atom is -0.505 e. The van der Waals surface area contributed by atoms with Crippen LogP contribution < -0.4 is 10.6 Å². The Morgan fingerprint density at radius 1 is 0.519 bits per heavy atom. The first-order valence-corrected chi connectivity index (χ1v) is 28.8. The molecule has 2 saturated heterocycles. The summed E-state index contributed by atoms with van der Waals surface area (Å²) in [5.41, 5.74) is 11.9. The summed E-state index contributed by atoms with van der Waals surface area (Å²) in [7, 11) is 8.60. The van der Waals surface area contributed by atoms with E-state index in [1.807, 2.05) is 36.4 Å². The smallest absolute Gasteiger partial charge is 0.169 e. The zero-order chi connectivity index (χ0) is 55.9. The third kappa shape index (κ3) is 13.3. The summed E-state index contributed by atoms with van der Waals surface area (Å²) in [6.07, 6.45) is 9.46. The molecule has 420 valence electrons. The van der Waals surface area contributed by atoms with Crippen LogP contribution in [0.15, 0.2) is 122 Å². The summed E-state index contributed by atoms with van der Waals surface area (Å²) >= 11 is 24.9. The van der Waals surface area contributed by atoms with Gasteiger partial charge >= 0.3 is 0 Å². The maximum absolute atomic E-state index is 13.3. The van der Waals surface area contributed by atoms with E-state index in [0.29, 0.717) is 23.2 Å². The van der Waals surface area contributed by atoms with E-state index in [9.17, 15) is 19.8 Å². The van der Waals surface area contributed by atoms with E-state index in [1.54, 1.807) is 36.7 Å². The number of hydrogen-bond acceptors (Lipinski definition) is 12. The molecule has 0 amide bonds. The second-order valence-corrected chi connectivity index (χ2v) is 24.0. The van der Waals surface area contributed by atoms with Crippen molar-refractivity contribution in [3.8, 4) is 33.8 Å². The number of pyridine rings is 2. The molecule has 81 heavy (non-hydrogen) atoms. The van der Waals surface area contributed by atoms with Crippen LogP contribution in [0.5, 0.6) is 11.5 Å². The average Bonchev–Trinajstić information content (AvgIpc) is 4.43. The van der Waals surface area contributed by atoms with Crippen LogP contribution in [0, 0.1) is 11.8 Å². The molecule has 2 aliphatic heterocycles. The predicted molar refractivity (Wildman–Crippen MR) is 333 cm³/mol. The number of phenols is 2. The molecule has 0 radical (unpaired) electrons. The van der Waals surface area contributed by atoms with Gasteiger partial charge in [-0.05, 0) is 173 Å². The van der Waals surface area contributed by atoms with Crippen molar-refractivity contribution in [2.45, 2.75) is 63.7 Å². The number of nitrogens with zero attached hydrogens (tertiary/aromatic N) is 6. The Hall–Kier alpha value is -6.03. The van der Waals surface area contributed by atoms with Crippen molar-refractivity contribution in [2.75, 3.05) is 65.0 Å². The highest BCUT2D eigenvalue weighted by Crippen LogP contribution is 2.43. The van der Waals surface area contributed by atoms with Crippen molar-refractivity contribution in [3.05, 3.63) is 164 Å². The van der Waals surface area contributed by atoms with Crippen LogP contribution in [0.4, 0.5) is 22.7 Å². The van der Waals surface area contributed by atoms with Crippen molar-refractivity contribution < 1.29 is 19.8 Å². The molecule has 2 aromatic heterocycles. The van der Waals surface area contributed by atoms with Crippen LogP contribution in [0.1, 0.15) is 70.4 Å². The summed E-state index contributed by atoms with van der Waals surface area (Å²) < 4.78 is 0. The molecule has 2 aliphatic carbocycles. The van der Waals surface area contributed by atoms with Crippen LogP contribution in [-0.2, 0) is 13.1 Å². The van der Waals surface area contributed by atoms with Crippen molar-refractivity contribution in [1.29, 1.82) is 0 Å². The molecule has 4 heterocycles. The third-order valence-corrected chi connectivity index (χ3v) is 17.2. The van der Waals surface area contributed by atoms with Crippen molar-refractivity contribution in [2.24, 2.45) is 11.8 Å². The fourth-order valence-electron chi connectivity index (χ4n) is 10.9. The minimum atomic E-state index is -0.139. The summed E-state index contributed by atoms with van der Waals surface area (Å²) in [6.45, 7) is 6.24. The number of aromatic nitrogens is 2.